The van der Waals surface area contributed by atoms with Crippen molar-refractivity contribution < 1.29 is 9.53 Å². The summed E-state index contributed by atoms with van der Waals surface area (Å²) in [6.45, 7) is 17.7. The Kier molecular flexibility index (Phi) is 5.85. The topological polar surface area (TPSA) is 31.2 Å². The van der Waals surface area contributed by atoms with Gasteiger partial charge in [-0.1, -0.05) is 41.5 Å². The van der Waals surface area contributed by atoms with Crippen LogP contribution in [0.3, 0.4) is 0 Å². The molecule has 1 aromatic rings. The number of carbonyl (C=O) groups excluding carboxylic acids is 1. The predicted octanol–water partition coefficient (Wildman–Crippen LogP) is 5.08. The quantitative estimate of drug-likeness (QED) is 0.542. The molecule has 0 spiro atoms. The monoisotopic (exact) mass is 309 g/mol. The van der Waals surface area contributed by atoms with Gasteiger partial charge in [-0.25, -0.2) is 4.79 Å². The lowest BCUT2D eigenvalue weighted by Crippen LogP contribution is -2.51. The van der Waals surface area contributed by atoms with E-state index in [1.54, 1.807) is 0 Å². The molecule has 120 valence electrons. The minimum absolute atomic E-state index is 0.0804. The summed E-state index contributed by atoms with van der Waals surface area (Å²) in [5.41, 5.74) is 2.50. The van der Waals surface area contributed by atoms with E-state index in [0.29, 0.717) is 22.2 Å². The van der Waals surface area contributed by atoms with E-state index in [1.165, 1.54) is 0 Å². The molecule has 0 aliphatic carbocycles. The van der Waals surface area contributed by atoms with Crippen LogP contribution in [-0.4, -0.2) is 24.5 Å². The van der Waals surface area contributed by atoms with Gasteiger partial charge >= 0.3 is 5.97 Å². The molecule has 4 heteroatoms. The van der Waals surface area contributed by atoms with Gasteiger partial charge in [0.1, 0.15) is 0 Å². The first-order valence-electron chi connectivity index (χ1n) is 8.03. The summed E-state index contributed by atoms with van der Waals surface area (Å²) in [6, 6.07) is 1.90. The van der Waals surface area contributed by atoms with Crippen LogP contribution in [0.25, 0.3) is 0 Å². The molecule has 0 amide bonds. The number of hydrogen-bond donors (Lipinski definition) is 0. The van der Waals surface area contributed by atoms with Crippen molar-refractivity contribution in [1.29, 1.82) is 0 Å². The lowest BCUT2D eigenvalue weighted by atomic mass is 10.3. The number of esters is 1. The van der Waals surface area contributed by atoms with E-state index < -0.39 is 8.24 Å². The van der Waals surface area contributed by atoms with Gasteiger partial charge in [0.2, 0.25) is 0 Å². The largest absolute Gasteiger partial charge is 0.459 e. The second-order valence-electron chi connectivity index (χ2n) is 7.11. The molecule has 21 heavy (non-hydrogen) atoms. The lowest BCUT2D eigenvalue weighted by Gasteiger charge is -2.44. The maximum absolute atomic E-state index is 12.1. The Morgan fingerprint density at radius 2 is 1.48 bits per heavy atom. The molecule has 0 atom stereocenters. The molecule has 0 bridgehead atoms. The van der Waals surface area contributed by atoms with Crippen molar-refractivity contribution in [2.75, 3.05) is 0 Å². The fraction of sp³-hybridized carbons (Fsp3) is 0.706. The Morgan fingerprint density at radius 3 is 1.86 bits per heavy atom. The number of rotatable bonds is 6. The van der Waals surface area contributed by atoms with Crippen LogP contribution in [0, 0.1) is 0 Å². The van der Waals surface area contributed by atoms with E-state index in [-0.39, 0.29) is 12.1 Å². The second kappa shape index (κ2) is 6.82. The average molecular weight is 310 g/mol. The first-order chi connectivity index (χ1) is 9.63. The highest BCUT2D eigenvalue weighted by atomic mass is 28.3. The standard InChI is InChI=1S/C17H31NO2Si/c1-12(2)20-17(19)16-9-10-18(11-16)21(13(3)4,14(5)6)15(7)8/h9-15H,1-8H3. The molecule has 0 radical (unpaired) electrons. The Labute approximate surface area is 130 Å². The predicted molar refractivity (Wildman–Crippen MR) is 91.4 cm³/mol. The van der Waals surface area contributed by atoms with Gasteiger partial charge in [-0.3, -0.25) is 0 Å². The molecule has 0 aliphatic heterocycles. The van der Waals surface area contributed by atoms with E-state index >= 15 is 0 Å². The number of ether oxygens (including phenoxy) is 1. The molecule has 0 unspecified atom stereocenters. The van der Waals surface area contributed by atoms with Gasteiger partial charge in [0.05, 0.1) is 11.7 Å². The molecule has 1 heterocycles. The van der Waals surface area contributed by atoms with Gasteiger partial charge < -0.3 is 8.97 Å². The molecular formula is C17H31NO2Si. The summed E-state index contributed by atoms with van der Waals surface area (Å²) >= 11 is 0. The zero-order chi connectivity index (χ0) is 16.4. The van der Waals surface area contributed by atoms with Crippen LogP contribution < -0.4 is 0 Å². The molecule has 0 saturated carbocycles. The fourth-order valence-corrected chi connectivity index (χ4v) is 10.4. The summed E-state index contributed by atoms with van der Waals surface area (Å²) in [4.78, 5) is 12.1. The summed E-state index contributed by atoms with van der Waals surface area (Å²) in [6.07, 6.45) is 4.02. The summed E-state index contributed by atoms with van der Waals surface area (Å²) < 4.78 is 7.67. The SMILES string of the molecule is CC(C)OC(=O)c1ccn([Si](C(C)C)(C(C)C)C(C)C)c1. The van der Waals surface area contributed by atoms with Crippen LogP contribution in [-0.2, 0) is 4.74 Å². The summed E-state index contributed by atoms with van der Waals surface area (Å²) in [5.74, 6) is -0.220. The van der Waals surface area contributed by atoms with Crippen LogP contribution in [0.1, 0.15) is 65.7 Å². The van der Waals surface area contributed by atoms with Crippen molar-refractivity contribution in [3.8, 4) is 0 Å². The minimum atomic E-state index is -1.76. The average Bonchev–Trinajstić information content (AvgIpc) is 2.76. The molecule has 1 rings (SSSR count). The van der Waals surface area contributed by atoms with Crippen molar-refractivity contribution in [2.45, 2.75) is 78.1 Å². The molecule has 1 aromatic heterocycles. The minimum Gasteiger partial charge on any atom is -0.459 e. The lowest BCUT2D eigenvalue weighted by molar-refractivity contribution is 0.0378. The normalized spacial score (nSPS) is 12.8. The fourth-order valence-electron chi connectivity index (χ4n) is 3.93. The molecule has 0 saturated heterocycles. The first-order valence-corrected chi connectivity index (χ1v) is 10.2. The van der Waals surface area contributed by atoms with Crippen molar-refractivity contribution >= 4 is 14.2 Å². The second-order valence-corrected chi connectivity index (χ2v) is 12.9. The highest BCUT2D eigenvalue weighted by molar-refractivity contribution is 6.82. The zero-order valence-electron chi connectivity index (χ0n) is 14.8. The number of nitrogens with zero attached hydrogens (tertiary/aromatic N) is 1. The van der Waals surface area contributed by atoms with Crippen LogP contribution >= 0.6 is 0 Å². The molecule has 0 aromatic carbocycles. The van der Waals surface area contributed by atoms with Gasteiger partial charge in [-0.2, -0.15) is 0 Å². The maximum Gasteiger partial charge on any atom is 0.339 e. The molecule has 0 N–H and O–H groups in total. The van der Waals surface area contributed by atoms with Gasteiger partial charge in [-0.05, 0) is 42.7 Å². The third-order valence-corrected chi connectivity index (χ3v) is 11.2. The van der Waals surface area contributed by atoms with Crippen molar-refractivity contribution in [3.05, 3.63) is 24.0 Å². The smallest absolute Gasteiger partial charge is 0.339 e. The molecule has 3 nitrogen and oxygen atoms in total. The van der Waals surface area contributed by atoms with Crippen molar-refractivity contribution in [1.82, 2.24) is 4.23 Å². The van der Waals surface area contributed by atoms with Crippen LogP contribution in [0.4, 0.5) is 0 Å². The molecular weight excluding hydrogens is 278 g/mol. The Bertz CT molecular complexity index is 453. The van der Waals surface area contributed by atoms with E-state index in [2.05, 4.69) is 52.0 Å². The van der Waals surface area contributed by atoms with E-state index in [1.807, 2.05) is 26.1 Å². The third kappa shape index (κ3) is 3.42. The van der Waals surface area contributed by atoms with Crippen molar-refractivity contribution in [2.24, 2.45) is 0 Å². The Hall–Kier alpha value is -1.03. The van der Waals surface area contributed by atoms with Crippen LogP contribution in [0.5, 0.6) is 0 Å². The zero-order valence-corrected chi connectivity index (χ0v) is 15.8. The van der Waals surface area contributed by atoms with Crippen LogP contribution in [0.2, 0.25) is 16.6 Å². The Balaban J connectivity index is 3.23. The van der Waals surface area contributed by atoms with E-state index in [9.17, 15) is 4.79 Å². The van der Waals surface area contributed by atoms with Gasteiger partial charge in [0.25, 0.3) is 0 Å². The van der Waals surface area contributed by atoms with Crippen LogP contribution in [0.15, 0.2) is 18.5 Å². The summed E-state index contributed by atoms with van der Waals surface area (Å²) in [7, 11) is -1.76. The van der Waals surface area contributed by atoms with E-state index in [4.69, 9.17) is 4.74 Å². The van der Waals surface area contributed by atoms with Crippen molar-refractivity contribution in [3.63, 3.8) is 0 Å². The first kappa shape index (κ1) is 18.0. The van der Waals surface area contributed by atoms with Gasteiger partial charge in [0, 0.05) is 6.20 Å². The van der Waals surface area contributed by atoms with Gasteiger partial charge in [0.15, 0.2) is 8.24 Å². The highest BCUT2D eigenvalue weighted by Crippen LogP contribution is 2.42. The number of hydrogen-bond acceptors (Lipinski definition) is 2. The Morgan fingerprint density at radius 1 is 1.00 bits per heavy atom. The third-order valence-electron chi connectivity index (χ3n) is 4.49. The highest BCUT2D eigenvalue weighted by Gasteiger charge is 2.45. The number of aromatic nitrogens is 1. The van der Waals surface area contributed by atoms with Gasteiger partial charge in [-0.15, -0.1) is 0 Å². The summed E-state index contributed by atoms with van der Waals surface area (Å²) in [5, 5.41) is 0. The van der Waals surface area contributed by atoms with E-state index in [0.717, 1.165) is 0 Å². The number of carbonyl (C=O) groups is 1. The maximum atomic E-state index is 12.1. The molecule has 0 fully saturated rings. The molecule has 0 aliphatic rings.